The Morgan fingerprint density at radius 1 is 1.58 bits per heavy atom. The van der Waals surface area contributed by atoms with E-state index in [0.29, 0.717) is 12.8 Å². The standard InChI is InChI=1S/C7H15N3O2/c1-10-4-2-7(9-8,3-5-10)6(11)12/h9H,2-5,8H2,1H3,(H,11,12). The van der Waals surface area contributed by atoms with Crippen molar-refractivity contribution >= 4 is 5.97 Å². The van der Waals surface area contributed by atoms with Gasteiger partial charge in [0.15, 0.2) is 0 Å². The van der Waals surface area contributed by atoms with E-state index < -0.39 is 11.5 Å². The molecule has 0 bridgehead atoms. The van der Waals surface area contributed by atoms with Gasteiger partial charge in [-0.3, -0.25) is 10.6 Å². The van der Waals surface area contributed by atoms with Gasteiger partial charge in [0.05, 0.1) is 0 Å². The van der Waals surface area contributed by atoms with Crippen molar-refractivity contribution in [3.63, 3.8) is 0 Å². The third kappa shape index (κ3) is 1.57. The molecule has 4 N–H and O–H groups in total. The van der Waals surface area contributed by atoms with Crippen LogP contribution in [0.1, 0.15) is 12.8 Å². The van der Waals surface area contributed by atoms with Crippen LogP contribution >= 0.6 is 0 Å². The Labute approximate surface area is 71.5 Å². The van der Waals surface area contributed by atoms with Gasteiger partial charge in [-0.2, -0.15) is 0 Å². The molecule has 12 heavy (non-hydrogen) atoms. The van der Waals surface area contributed by atoms with Gasteiger partial charge < -0.3 is 10.0 Å². The minimum Gasteiger partial charge on any atom is -0.480 e. The second-order valence-electron chi connectivity index (χ2n) is 3.33. The van der Waals surface area contributed by atoms with Crippen molar-refractivity contribution in [2.24, 2.45) is 5.84 Å². The fourth-order valence-electron chi connectivity index (χ4n) is 1.42. The van der Waals surface area contributed by atoms with Crippen LogP contribution in [-0.2, 0) is 4.79 Å². The number of likely N-dealkylation sites (tertiary alicyclic amines) is 1. The predicted molar refractivity (Wildman–Crippen MR) is 44.4 cm³/mol. The molecule has 5 heteroatoms. The van der Waals surface area contributed by atoms with Crippen LogP contribution in [-0.4, -0.2) is 41.7 Å². The third-order valence-electron chi connectivity index (χ3n) is 2.53. The minimum absolute atomic E-state index is 0.565. The highest BCUT2D eigenvalue weighted by Crippen LogP contribution is 2.20. The summed E-state index contributed by atoms with van der Waals surface area (Å²) in [4.78, 5) is 12.9. The van der Waals surface area contributed by atoms with Gasteiger partial charge in [0.2, 0.25) is 0 Å². The van der Waals surface area contributed by atoms with Crippen molar-refractivity contribution in [3.05, 3.63) is 0 Å². The number of rotatable bonds is 2. The molecule has 5 nitrogen and oxygen atoms in total. The predicted octanol–water partition coefficient (Wildman–Crippen LogP) is -1.00. The maximum atomic E-state index is 10.9. The number of nitrogens with zero attached hydrogens (tertiary/aromatic N) is 1. The van der Waals surface area contributed by atoms with Gasteiger partial charge in [0.1, 0.15) is 5.54 Å². The summed E-state index contributed by atoms with van der Waals surface area (Å²) in [5.74, 6) is 4.39. The number of hydrogen-bond acceptors (Lipinski definition) is 4. The molecule has 0 spiro atoms. The highest BCUT2D eigenvalue weighted by Gasteiger charge is 2.39. The summed E-state index contributed by atoms with van der Waals surface area (Å²) < 4.78 is 0. The molecule has 1 aliphatic rings. The lowest BCUT2D eigenvalue weighted by Gasteiger charge is -2.36. The molecule has 0 aromatic rings. The fourth-order valence-corrected chi connectivity index (χ4v) is 1.42. The van der Waals surface area contributed by atoms with Crippen LogP contribution in [0.2, 0.25) is 0 Å². The van der Waals surface area contributed by atoms with E-state index in [1.165, 1.54) is 0 Å². The topological polar surface area (TPSA) is 78.6 Å². The van der Waals surface area contributed by atoms with E-state index in [1.807, 2.05) is 7.05 Å². The van der Waals surface area contributed by atoms with Crippen LogP contribution in [0.5, 0.6) is 0 Å². The lowest BCUT2D eigenvalue weighted by Crippen LogP contribution is -2.60. The molecule has 0 aliphatic carbocycles. The van der Waals surface area contributed by atoms with E-state index in [4.69, 9.17) is 10.9 Å². The third-order valence-corrected chi connectivity index (χ3v) is 2.53. The maximum absolute atomic E-state index is 10.9. The monoisotopic (exact) mass is 173 g/mol. The lowest BCUT2D eigenvalue weighted by molar-refractivity contribution is -0.147. The summed E-state index contributed by atoms with van der Waals surface area (Å²) in [6, 6.07) is 0. The van der Waals surface area contributed by atoms with Gasteiger partial charge in [-0.25, -0.2) is 5.43 Å². The molecule has 1 aliphatic heterocycles. The summed E-state index contributed by atoms with van der Waals surface area (Å²) in [6.45, 7) is 1.55. The summed E-state index contributed by atoms with van der Waals surface area (Å²) in [6.07, 6.45) is 1.13. The van der Waals surface area contributed by atoms with Crippen LogP contribution in [0.4, 0.5) is 0 Å². The van der Waals surface area contributed by atoms with Gasteiger partial charge in [0, 0.05) is 13.1 Å². The van der Waals surface area contributed by atoms with Crippen LogP contribution in [0.3, 0.4) is 0 Å². The zero-order chi connectivity index (χ0) is 9.19. The lowest BCUT2D eigenvalue weighted by atomic mass is 9.88. The molecule has 0 unspecified atom stereocenters. The second-order valence-corrected chi connectivity index (χ2v) is 3.33. The first-order valence-corrected chi connectivity index (χ1v) is 4.00. The Bertz CT molecular complexity index is 175. The highest BCUT2D eigenvalue weighted by atomic mass is 16.4. The van der Waals surface area contributed by atoms with Crippen LogP contribution in [0.25, 0.3) is 0 Å². The molecule has 1 fully saturated rings. The maximum Gasteiger partial charge on any atom is 0.325 e. The van der Waals surface area contributed by atoms with E-state index in [1.54, 1.807) is 0 Å². The minimum atomic E-state index is -0.896. The van der Waals surface area contributed by atoms with Crippen LogP contribution in [0.15, 0.2) is 0 Å². The average molecular weight is 173 g/mol. The summed E-state index contributed by atoms with van der Waals surface area (Å²) in [7, 11) is 1.97. The van der Waals surface area contributed by atoms with E-state index in [0.717, 1.165) is 13.1 Å². The zero-order valence-electron chi connectivity index (χ0n) is 7.21. The molecule has 70 valence electrons. The van der Waals surface area contributed by atoms with Crippen molar-refractivity contribution in [1.82, 2.24) is 10.3 Å². The first-order valence-electron chi connectivity index (χ1n) is 4.00. The van der Waals surface area contributed by atoms with Crippen LogP contribution < -0.4 is 11.3 Å². The quantitative estimate of drug-likeness (QED) is 0.369. The summed E-state index contributed by atoms with van der Waals surface area (Å²) >= 11 is 0. The number of carboxylic acids is 1. The second kappa shape index (κ2) is 3.38. The molecule has 0 saturated carbocycles. The molecular weight excluding hydrogens is 158 g/mol. The largest absolute Gasteiger partial charge is 0.480 e. The van der Waals surface area contributed by atoms with Crippen LogP contribution in [0, 0.1) is 0 Å². The molecule has 1 heterocycles. The fraction of sp³-hybridized carbons (Fsp3) is 0.857. The molecule has 0 amide bonds. The first-order chi connectivity index (χ1) is 5.60. The number of carboxylic acid groups (broad SMARTS) is 1. The Morgan fingerprint density at radius 2 is 2.08 bits per heavy atom. The highest BCUT2D eigenvalue weighted by molar-refractivity contribution is 5.78. The molecule has 1 saturated heterocycles. The van der Waals surface area contributed by atoms with E-state index in [-0.39, 0.29) is 0 Å². The van der Waals surface area contributed by atoms with Gasteiger partial charge in [0.25, 0.3) is 0 Å². The summed E-state index contributed by atoms with van der Waals surface area (Å²) in [5, 5.41) is 8.91. The van der Waals surface area contributed by atoms with Crippen molar-refractivity contribution < 1.29 is 9.90 Å². The number of hydrazine groups is 1. The molecule has 0 aromatic heterocycles. The van der Waals surface area contributed by atoms with E-state index in [2.05, 4.69) is 10.3 Å². The first kappa shape index (κ1) is 9.44. The van der Waals surface area contributed by atoms with E-state index >= 15 is 0 Å². The number of aliphatic carboxylic acids is 1. The molecule has 0 atom stereocenters. The molecular formula is C7H15N3O2. The number of piperidine rings is 1. The normalized spacial score (nSPS) is 23.8. The van der Waals surface area contributed by atoms with Gasteiger partial charge >= 0.3 is 5.97 Å². The van der Waals surface area contributed by atoms with E-state index in [9.17, 15) is 4.79 Å². The molecule has 0 aromatic carbocycles. The number of hydrogen-bond donors (Lipinski definition) is 3. The van der Waals surface area contributed by atoms with Crippen molar-refractivity contribution in [1.29, 1.82) is 0 Å². The smallest absolute Gasteiger partial charge is 0.325 e. The molecule has 1 rings (SSSR count). The van der Waals surface area contributed by atoms with Crippen molar-refractivity contribution in [3.8, 4) is 0 Å². The Hall–Kier alpha value is -0.650. The number of carbonyl (C=O) groups is 1. The average Bonchev–Trinajstić information content (AvgIpc) is 2.06. The Kier molecular flexibility index (Phi) is 2.66. The van der Waals surface area contributed by atoms with Gasteiger partial charge in [-0.15, -0.1) is 0 Å². The van der Waals surface area contributed by atoms with Gasteiger partial charge in [-0.1, -0.05) is 0 Å². The number of nitrogens with two attached hydrogens (primary N) is 1. The molecule has 0 radical (unpaired) electrons. The number of nitrogens with one attached hydrogen (secondary N) is 1. The Balaban J connectivity index is 2.63. The summed E-state index contributed by atoms with van der Waals surface area (Å²) in [5.41, 5.74) is 1.51. The SMILES string of the molecule is CN1CCC(NN)(C(=O)O)CC1. The van der Waals surface area contributed by atoms with Crippen molar-refractivity contribution in [2.75, 3.05) is 20.1 Å². The zero-order valence-corrected chi connectivity index (χ0v) is 7.21. The Morgan fingerprint density at radius 3 is 2.42 bits per heavy atom. The van der Waals surface area contributed by atoms with Gasteiger partial charge in [-0.05, 0) is 19.9 Å². The van der Waals surface area contributed by atoms with Crippen molar-refractivity contribution in [2.45, 2.75) is 18.4 Å².